The lowest BCUT2D eigenvalue weighted by Crippen LogP contribution is -2.41. The van der Waals surface area contributed by atoms with Crippen LogP contribution in [-0.4, -0.2) is 44.3 Å². The number of benzene rings is 3. The SMILES string of the molecule is CN(C[C@@H]1CCCN(Cc2ccccc2)C1)S(=O)(=O)c1ccc2ccccc2c1. The van der Waals surface area contributed by atoms with Crippen LogP contribution in [0.15, 0.2) is 77.7 Å². The van der Waals surface area contributed by atoms with Crippen LogP contribution in [0.4, 0.5) is 0 Å². The summed E-state index contributed by atoms with van der Waals surface area (Å²) in [5.41, 5.74) is 1.31. The maximum atomic E-state index is 13.1. The van der Waals surface area contributed by atoms with E-state index in [0.717, 1.165) is 43.2 Å². The molecule has 4 rings (SSSR count). The van der Waals surface area contributed by atoms with Gasteiger partial charge in [0, 0.05) is 26.7 Å². The summed E-state index contributed by atoms with van der Waals surface area (Å²) in [5.74, 6) is 0.354. The highest BCUT2D eigenvalue weighted by Crippen LogP contribution is 2.24. The van der Waals surface area contributed by atoms with Crippen molar-refractivity contribution in [2.45, 2.75) is 24.3 Å². The van der Waals surface area contributed by atoms with Crippen LogP contribution in [0, 0.1) is 5.92 Å². The Morgan fingerprint density at radius 3 is 2.48 bits per heavy atom. The largest absolute Gasteiger partial charge is 0.299 e. The topological polar surface area (TPSA) is 40.6 Å². The molecule has 0 aromatic heterocycles. The molecule has 0 spiro atoms. The van der Waals surface area contributed by atoms with Gasteiger partial charge in [0.1, 0.15) is 0 Å². The monoisotopic (exact) mass is 408 g/mol. The van der Waals surface area contributed by atoms with E-state index in [0.29, 0.717) is 17.4 Å². The Morgan fingerprint density at radius 2 is 1.69 bits per heavy atom. The number of sulfonamides is 1. The smallest absolute Gasteiger partial charge is 0.242 e. The van der Waals surface area contributed by atoms with Gasteiger partial charge in [0.05, 0.1) is 4.90 Å². The molecular weight excluding hydrogens is 380 g/mol. The molecule has 152 valence electrons. The molecule has 1 atom stereocenters. The fraction of sp³-hybridized carbons (Fsp3) is 0.333. The Labute approximate surface area is 173 Å². The molecule has 1 aliphatic rings. The van der Waals surface area contributed by atoms with Crippen LogP contribution in [0.3, 0.4) is 0 Å². The van der Waals surface area contributed by atoms with Gasteiger partial charge in [-0.15, -0.1) is 0 Å². The zero-order valence-electron chi connectivity index (χ0n) is 16.9. The van der Waals surface area contributed by atoms with E-state index in [-0.39, 0.29) is 0 Å². The van der Waals surface area contributed by atoms with Crippen molar-refractivity contribution in [3.8, 4) is 0 Å². The number of fused-ring (bicyclic) bond motifs is 1. The zero-order chi connectivity index (χ0) is 20.3. The summed E-state index contributed by atoms with van der Waals surface area (Å²) < 4.78 is 27.8. The van der Waals surface area contributed by atoms with Crippen molar-refractivity contribution < 1.29 is 8.42 Å². The fourth-order valence-corrected chi connectivity index (χ4v) is 5.54. The lowest BCUT2D eigenvalue weighted by molar-refractivity contribution is 0.155. The average molecular weight is 409 g/mol. The number of nitrogens with zero attached hydrogens (tertiary/aromatic N) is 2. The third kappa shape index (κ3) is 4.69. The van der Waals surface area contributed by atoms with Gasteiger partial charge in [-0.2, -0.15) is 0 Å². The first kappa shape index (κ1) is 20.1. The van der Waals surface area contributed by atoms with Crippen molar-refractivity contribution in [1.82, 2.24) is 9.21 Å². The van der Waals surface area contributed by atoms with Crippen LogP contribution >= 0.6 is 0 Å². The van der Waals surface area contributed by atoms with E-state index in [1.807, 2.05) is 36.4 Å². The Hall–Kier alpha value is -2.21. The zero-order valence-corrected chi connectivity index (χ0v) is 17.7. The highest BCUT2D eigenvalue weighted by Gasteiger charge is 2.27. The molecule has 0 unspecified atom stereocenters. The van der Waals surface area contributed by atoms with E-state index in [4.69, 9.17) is 0 Å². The molecule has 0 saturated carbocycles. The minimum atomic E-state index is -3.49. The molecule has 0 bridgehead atoms. The van der Waals surface area contributed by atoms with E-state index in [9.17, 15) is 8.42 Å². The van der Waals surface area contributed by atoms with Crippen molar-refractivity contribution in [1.29, 1.82) is 0 Å². The summed E-state index contributed by atoms with van der Waals surface area (Å²) in [7, 11) is -1.78. The minimum absolute atomic E-state index is 0.354. The van der Waals surface area contributed by atoms with Gasteiger partial charge < -0.3 is 0 Å². The number of hydrogen-bond acceptors (Lipinski definition) is 3. The van der Waals surface area contributed by atoms with E-state index in [1.165, 1.54) is 9.87 Å². The van der Waals surface area contributed by atoms with Crippen molar-refractivity contribution in [2.24, 2.45) is 5.92 Å². The molecule has 3 aromatic carbocycles. The van der Waals surface area contributed by atoms with Gasteiger partial charge in [-0.3, -0.25) is 4.90 Å². The van der Waals surface area contributed by atoms with Crippen LogP contribution in [0.1, 0.15) is 18.4 Å². The third-order valence-corrected chi connectivity index (χ3v) is 7.62. The molecule has 1 aliphatic heterocycles. The Morgan fingerprint density at radius 1 is 0.966 bits per heavy atom. The number of rotatable bonds is 6. The van der Waals surface area contributed by atoms with Gasteiger partial charge in [0.15, 0.2) is 0 Å². The van der Waals surface area contributed by atoms with Gasteiger partial charge >= 0.3 is 0 Å². The number of likely N-dealkylation sites (tertiary alicyclic amines) is 1. The van der Waals surface area contributed by atoms with Crippen LogP contribution in [0.2, 0.25) is 0 Å². The molecule has 1 saturated heterocycles. The lowest BCUT2D eigenvalue weighted by Gasteiger charge is -2.34. The summed E-state index contributed by atoms with van der Waals surface area (Å²) in [5, 5.41) is 2.01. The van der Waals surface area contributed by atoms with Crippen LogP contribution < -0.4 is 0 Å². The first-order valence-corrected chi connectivity index (χ1v) is 11.7. The van der Waals surface area contributed by atoms with Crippen molar-refractivity contribution >= 4 is 20.8 Å². The number of piperidine rings is 1. The maximum absolute atomic E-state index is 13.1. The molecule has 0 N–H and O–H groups in total. The van der Waals surface area contributed by atoms with E-state index in [1.54, 1.807) is 19.2 Å². The average Bonchev–Trinajstić information content (AvgIpc) is 2.74. The molecule has 3 aromatic rings. The molecule has 29 heavy (non-hydrogen) atoms. The second-order valence-corrected chi connectivity index (χ2v) is 10.1. The van der Waals surface area contributed by atoms with Gasteiger partial charge in [-0.25, -0.2) is 12.7 Å². The van der Waals surface area contributed by atoms with Crippen molar-refractivity contribution in [3.63, 3.8) is 0 Å². The van der Waals surface area contributed by atoms with E-state index >= 15 is 0 Å². The quantitative estimate of drug-likeness (QED) is 0.608. The molecular formula is C24H28N2O2S. The first-order valence-electron chi connectivity index (χ1n) is 10.2. The van der Waals surface area contributed by atoms with Gasteiger partial charge in [-0.05, 0) is 53.8 Å². The lowest BCUT2D eigenvalue weighted by atomic mass is 9.97. The summed E-state index contributed by atoms with van der Waals surface area (Å²) in [6.07, 6.45) is 2.18. The predicted molar refractivity (Wildman–Crippen MR) is 118 cm³/mol. The van der Waals surface area contributed by atoms with Crippen molar-refractivity contribution in [3.05, 3.63) is 78.4 Å². The van der Waals surface area contributed by atoms with Gasteiger partial charge in [0.2, 0.25) is 10.0 Å². The Bertz CT molecular complexity index is 1070. The second kappa shape index (κ2) is 8.66. The minimum Gasteiger partial charge on any atom is -0.299 e. The molecule has 0 aliphatic carbocycles. The molecule has 5 heteroatoms. The normalized spacial score (nSPS) is 18.3. The molecule has 1 fully saturated rings. The van der Waals surface area contributed by atoms with Gasteiger partial charge in [-0.1, -0.05) is 60.7 Å². The Kier molecular flexibility index (Phi) is 5.99. The Balaban J connectivity index is 1.43. The summed E-state index contributed by atoms with van der Waals surface area (Å²) in [4.78, 5) is 2.82. The summed E-state index contributed by atoms with van der Waals surface area (Å²) >= 11 is 0. The van der Waals surface area contributed by atoms with Gasteiger partial charge in [0.25, 0.3) is 0 Å². The molecule has 4 nitrogen and oxygen atoms in total. The third-order valence-electron chi connectivity index (χ3n) is 5.80. The van der Waals surface area contributed by atoms with E-state index in [2.05, 4.69) is 29.2 Å². The fourth-order valence-electron chi connectivity index (χ4n) is 4.26. The van der Waals surface area contributed by atoms with Crippen LogP contribution in [0.5, 0.6) is 0 Å². The highest BCUT2D eigenvalue weighted by atomic mass is 32.2. The summed E-state index contributed by atoms with van der Waals surface area (Å²) in [6.45, 7) is 3.50. The number of hydrogen-bond donors (Lipinski definition) is 0. The predicted octanol–water partition coefficient (Wildman–Crippen LogP) is 4.37. The summed E-state index contributed by atoms with van der Waals surface area (Å²) in [6, 6.07) is 23.7. The second-order valence-electron chi connectivity index (χ2n) is 8.02. The van der Waals surface area contributed by atoms with Crippen LogP contribution in [-0.2, 0) is 16.6 Å². The van der Waals surface area contributed by atoms with Crippen LogP contribution in [0.25, 0.3) is 10.8 Å². The molecule has 0 amide bonds. The van der Waals surface area contributed by atoms with E-state index < -0.39 is 10.0 Å². The standard InChI is InChI=1S/C24H28N2O2S/c1-25(29(27,28)24-14-13-22-11-5-6-12-23(22)16-24)17-21-10-7-15-26(19-21)18-20-8-3-2-4-9-20/h2-6,8-9,11-14,16,21H,7,10,15,17-19H2,1H3/t21-/m0/s1. The maximum Gasteiger partial charge on any atom is 0.242 e. The van der Waals surface area contributed by atoms with Crippen molar-refractivity contribution in [2.75, 3.05) is 26.7 Å². The molecule has 1 heterocycles. The highest BCUT2D eigenvalue weighted by molar-refractivity contribution is 7.89. The first-order chi connectivity index (χ1) is 14.0. The molecule has 0 radical (unpaired) electrons.